The molecule has 1 aliphatic heterocycles. The Morgan fingerprint density at radius 2 is 2.20 bits per heavy atom. The Kier molecular flexibility index (Phi) is 4.75. The predicted molar refractivity (Wildman–Crippen MR) is 78.5 cm³/mol. The number of piperidine rings is 1. The first-order valence-corrected chi connectivity index (χ1v) is 9.03. The van der Waals surface area contributed by atoms with Crippen LogP contribution < -0.4 is 5.32 Å². The minimum absolute atomic E-state index is 0.169. The monoisotopic (exact) mass is 297 g/mol. The second-order valence-corrected chi connectivity index (χ2v) is 7.93. The second-order valence-electron chi connectivity index (χ2n) is 5.95. The highest BCUT2D eigenvalue weighted by atomic mass is 32.2. The van der Waals surface area contributed by atoms with Crippen molar-refractivity contribution < 1.29 is 8.42 Å². The lowest BCUT2D eigenvalue weighted by molar-refractivity contribution is 0.445. The molecule has 20 heavy (non-hydrogen) atoms. The first-order chi connectivity index (χ1) is 9.38. The SMILES string of the molecule is CC(C)Cc1ncc(S(C)(=O)=O)c(C2CCCNC2)n1. The first-order valence-electron chi connectivity index (χ1n) is 7.14. The molecule has 1 unspecified atom stereocenters. The van der Waals surface area contributed by atoms with Crippen molar-refractivity contribution in [3.05, 3.63) is 17.7 Å². The Morgan fingerprint density at radius 1 is 1.45 bits per heavy atom. The van der Waals surface area contributed by atoms with E-state index in [1.165, 1.54) is 12.5 Å². The Morgan fingerprint density at radius 3 is 2.75 bits per heavy atom. The summed E-state index contributed by atoms with van der Waals surface area (Å²) in [5.41, 5.74) is 0.699. The minimum Gasteiger partial charge on any atom is -0.316 e. The zero-order chi connectivity index (χ0) is 14.8. The molecule has 1 saturated heterocycles. The summed E-state index contributed by atoms with van der Waals surface area (Å²) >= 11 is 0. The Balaban J connectivity index is 2.42. The van der Waals surface area contributed by atoms with Crippen molar-refractivity contribution in [1.82, 2.24) is 15.3 Å². The maximum absolute atomic E-state index is 11.9. The summed E-state index contributed by atoms with van der Waals surface area (Å²) in [6, 6.07) is 0. The Hall–Kier alpha value is -1.01. The number of hydrogen-bond donors (Lipinski definition) is 1. The molecular weight excluding hydrogens is 274 g/mol. The first kappa shape index (κ1) is 15.4. The molecule has 2 heterocycles. The van der Waals surface area contributed by atoms with Crippen molar-refractivity contribution in [3.63, 3.8) is 0 Å². The standard InChI is InChI=1S/C14H23N3O2S/c1-10(2)7-13-16-9-12(20(3,18)19)14(17-13)11-5-4-6-15-8-11/h9-11,15H,4-8H2,1-3H3. The van der Waals surface area contributed by atoms with Gasteiger partial charge >= 0.3 is 0 Å². The van der Waals surface area contributed by atoms with E-state index in [9.17, 15) is 8.42 Å². The van der Waals surface area contributed by atoms with Crippen molar-refractivity contribution in [2.24, 2.45) is 5.92 Å². The second kappa shape index (κ2) is 6.18. The van der Waals surface area contributed by atoms with Gasteiger partial charge in [-0.2, -0.15) is 0 Å². The van der Waals surface area contributed by atoms with Crippen LogP contribution in [0.2, 0.25) is 0 Å². The minimum atomic E-state index is -3.28. The molecule has 0 aliphatic carbocycles. The molecule has 0 bridgehead atoms. The topological polar surface area (TPSA) is 72.0 Å². The van der Waals surface area contributed by atoms with Crippen molar-refractivity contribution in [3.8, 4) is 0 Å². The van der Waals surface area contributed by atoms with E-state index in [2.05, 4.69) is 29.1 Å². The third-order valence-corrected chi connectivity index (χ3v) is 4.62. The van der Waals surface area contributed by atoms with Gasteiger partial charge in [0.05, 0.1) is 5.69 Å². The number of nitrogens with one attached hydrogen (secondary N) is 1. The summed E-state index contributed by atoms with van der Waals surface area (Å²) in [7, 11) is -3.28. The average molecular weight is 297 g/mol. The van der Waals surface area contributed by atoms with Gasteiger partial charge in [-0.15, -0.1) is 0 Å². The Bertz CT molecular complexity index is 564. The van der Waals surface area contributed by atoms with Crippen LogP contribution in [0.3, 0.4) is 0 Å². The molecule has 1 aliphatic rings. The molecule has 1 N–H and O–H groups in total. The number of hydrogen-bond acceptors (Lipinski definition) is 5. The van der Waals surface area contributed by atoms with E-state index in [1.54, 1.807) is 0 Å². The molecule has 1 atom stereocenters. The van der Waals surface area contributed by atoms with Gasteiger partial charge < -0.3 is 5.32 Å². The van der Waals surface area contributed by atoms with Gasteiger partial charge in [0.1, 0.15) is 10.7 Å². The fraction of sp³-hybridized carbons (Fsp3) is 0.714. The van der Waals surface area contributed by atoms with Crippen molar-refractivity contribution in [2.75, 3.05) is 19.3 Å². The van der Waals surface area contributed by atoms with E-state index in [0.29, 0.717) is 16.5 Å². The van der Waals surface area contributed by atoms with Crippen LogP contribution in [0, 0.1) is 5.92 Å². The zero-order valence-electron chi connectivity index (χ0n) is 12.4. The van der Waals surface area contributed by atoms with Gasteiger partial charge in [0.2, 0.25) is 0 Å². The van der Waals surface area contributed by atoms with Crippen LogP contribution in [0.15, 0.2) is 11.1 Å². The third-order valence-electron chi connectivity index (χ3n) is 3.51. The van der Waals surface area contributed by atoms with Gasteiger partial charge in [-0.1, -0.05) is 13.8 Å². The molecule has 2 rings (SSSR count). The number of nitrogens with zero attached hydrogens (tertiary/aromatic N) is 2. The molecule has 1 aromatic rings. The normalized spacial score (nSPS) is 20.3. The van der Waals surface area contributed by atoms with Crippen molar-refractivity contribution in [1.29, 1.82) is 0 Å². The highest BCUT2D eigenvalue weighted by Gasteiger charge is 2.25. The molecule has 6 heteroatoms. The lowest BCUT2D eigenvalue weighted by Crippen LogP contribution is -2.30. The van der Waals surface area contributed by atoms with Crippen LogP contribution in [0.5, 0.6) is 0 Å². The highest BCUT2D eigenvalue weighted by molar-refractivity contribution is 7.90. The molecule has 0 amide bonds. The summed E-state index contributed by atoms with van der Waals surface area (Å²) in [5.74, 6) is 1.37. The molecule has 0 aromatic carbocycles. The van der Waals surface area contributed by atoms with Crippen LogP contribution >= 0.6 is 0 Å². The van der Waals surface area contributed by atoms with E-state index in [4.69, 9.17) is 0 Å². The van der Waals surface area contributed by atoms with Crippen LogP contribution in [-0.4, -0.2) is 37.7 Å². The summed E-state index contributed by atoms with van der Waals surface area (Å²) in [5, 5.41) is 3.32. The van der Waals surface area contributed by atoms with Gasteiger partial charge in [0.25, 0.3) is 0 Å². The molecule has 0 radical (unpaired) electrons. The quantitative estimate of drug-likeness (QED) is 0.913. The maximum atomic E-state index is 11.9. The van der Waals surface area contributed by atoms with Crippen molar-refractivity contribution >= 4 is 9.84 Å². The molecule has 1 fully saturated rings. The number of rotatable bonds is 4. The van der Waals surface area contributed by atoms with Crippen LogP contribution in [0.1, 0.15) is 44.1 Å². The molecule has 0 saturated carbocycles. The van der Waals surface area contributed by atoms with E-state index >= 15 is 0 Å². The Labute approximate surface area is 121 Å². The average Bonchev–Trinajstić information content (AvgIpc) is 2.37. The number of sulfone groups is 1. The van der Waals surface area contributed by atoms with Gasteiger partial charge in [-0.3, -0.25) is 0 Å². The zero-order valence-corrected chi connectivity index (χ0v) is 13.2. The summed E-state index contributed by atoms with van der Waals surface area (Å²) in [4.78, 5) is 9.09. The molecule has 0 spiro atoms. The fourth-order valence-electron chi connectivity index (χ4n) is 2.55. The van der Waals surface area contributed by atoms with E-state index in [0.717, 1.165) is 38.2 Å². The van der Waals surface area contributed by atoms with Gasteiger partial charge in [0, 0.05) is 31.3 Å². The lowest BCUT2D eigenvalue weighted by atomic mass is 9.96. The molecule has 1 aromatic heterocycles. The molecule has 112 valence electrons. The van der Waals surface area contributed by atoms with E-state index in [1.807, 2.05) is 0 Å². The van der Waals surface area contributed by atoms with E-state index in [-0.39, 0.29) is 5.92 Å². The summed E-state index contributed by atoms with van der Waals surface area (Å²) in [6.07, 6.45) is 5.53. The summed E-state index contributed by atoms with van der Waals surface area (Å²) in [6.45, 7) is 6.00. The lowest BCUT2D eigenvalue weighted by Gasteiger charge is -2.24. The number of aromatic nitrogens is 2. The van der Waals surface area contributed by atoms with Crippen LogP contribution in [0.4, 0.5) is 0 Å². The molecule has 5 nitrogen and oxygen atoms in total. The van der Waals surface area contributed by atoms with Gasteiger partial charge in [0.15, 0.2) is 9.84 Å². The third kappa shape index (κ3) is 3.76. The van der Waals surface area contributed by atoms with E-state index < -0.39 is 9.84 Å². The largest absolute Gasteiger partial charge is 0.316 e. The van der Waals surface area contributed by atoms with Crippen molar-refractivity contribution in [2.45, 2.75) is 43.9 Å². The predicted octanol–water partition coefficient (Wildman–Crippen LogP) is 1.55. The van der Waals surface area contributed by atoms with Crippen LogP contribution in [-0.2, 0) is 16.3 Å². The van der Waals surface area contributed by atoms with Gasteiger partial charge in [-0.25, -0.2) is 18.4 Å². The van der Waals surface area contributed by atoms with Crippen LogP contribution in [0.25, 0.3) is 0 Å². The molecular formula is C14H23N3O2S. The van der Waals surface area contributed by atoms with Gasteiger partial charge in [-0.05, 0) is 25.3 Å². The fourth-order valence-corrected chi connectivity index (χ4v) is 3.39. The summed E-state index contributed by atoms with van der Waals surface area (Å²) < 4.78 is 23.9. The maximum Gasteiger partial charge on any atom is 0.178 e. The highest BCUT2D eigenvalue weighted by Crippen LogP contribution is 2.27. The smallest absolute Gasteiger partial charge is 0.178 e.